The van der Waals surface area contributed by atoms with Crippen LogP contribution >= 0.6 is 0 Å². The summed E-state index contributed by atoms with van der Waals surface area (Å²) < 4.78 is 1.97. The Labute approximate surface area is 267 Å². The van der Waals surface area contributed by atoms with E-state index in [1.807, 2.05) is 4.19 Å². The molecule has 0 aliphatic carbocycles. The van der Waals surface area contributed by atoms with E-state index >= 15 is 0 Å². The third kappa shape index (κ3) is 5.67. The summed E-state index contributed by atoms with van der Waals surface area (Å²) in [5.74, 6) is 0. The average Bonchev–Trinajstić information content (AvgIpc) is 2.26. The summed E-state index contributed by atoms with van der Waals surface area (Å²) in [7, 11) is -6.40. The van der Waals surface area contributed by atoms with Gasteiger partial charge in [0.15, 0.2) is 0 Å². The molecule has 7 nitrogen and oxygen atoms in total. The molecule has 0 aromatic rings. The molecule has 0 saturated carbocycles. The summed E-state index contributed by atoms with van der Waals surface area (Å²) >= 11 is 0. The van der Waals surface area contributed by atoms with Gasteiger partial charge in [-0.3, -0.25) is 0 Å². The summed E-state index contributed by atoms with van der Waals surface area (Å²) in [5.41, 5.74) is 0. The van der Waals surface area contributed by atoms with Crippen LogP contribution in [0.25, 0.3) is 0 Å². The van der Waals surface area contributed by atoms with E-state index in [4.69, 9.17) is 26.3 Å². The van der Waals surface area contributed by atoms with E-state index in [-0.39, 0.29) is 206 Å². The number of nitrogens with zero attached hydrogens (tertiary/aromatic N) is 6. The number of hydrogen-bond acceptors (Lipinski definition) is 7. The maximum Gasteiger partial charge on any atom is 1.00 e. The molecule has 68 valence electrons. The van der Waals surface area contributed by atoms with Crippen LogP contribution in [0.3, 0.4) is 0 Å². The Balaban J connectivity index is -0.000000120. The summed E-state index contributed by atoms with van der Waals surface area (Å²) in [6, 6.07) is 0. The summed E-state index contributed by atoms with van der Waals surface area (Å²) in [6.45, 7) is 0. The van der Waals surface area contributed by atoms with Crippen LogP contribution in [0, 0.1) is 56.1 Å². The Bertz CT molecular complexity index is 406. The molecule has 0 saturated heterocycles. The van der Waals surface area contributed by atoms with E-state index in [2.05, 4.69) is 0 Å². The molecule has 0 aliphatic rings. The molecule has 0 fully saturated rings. The zero-order valence-electron chi connectivity index (χ0n) is 9.95. The van der Waals surface area contributed by atoms with Crippen molar-refractivity contribution in [2.45, 2.75) is 0 Å². The molecule has 0 unspecified atom stereocenters. The minimum atomic E-state index is -6.40. The van der Waals surface area contributed by atoms with Crippen molar-refractivity contribution in [3.05, 3.63) is 4.91 Å². The Hall–Kier alpha value is 4.11. The Morgan fingerprint density at radius 1 is 0.647 bits per heavy atom. The van der Waals surface area contributed by atoms with Gasteiger partial charge in [-0.15, -0.1) is 0 Å². The van der Waals surface area contributed by atoms with Crippen molar-refractivity contribution >= 4 is 0 Å². The third-order valence-electron chi connectivity index (χ3n) is 1.13. The van der Waals surface area contributed by atoms with Crippen molar-refractivity contribution in [1.82, 2.24) is 0 Å². The smallest absolute Gasteiger partial charge is 1.00 e. The molecule has 0 aliphatic heterocycles. The largest absolute Gasteiger partial charge is 1.00 e. The van der Waals surface area contributed by atoms with E-state index in [0.717, 1.165) is 24.8 Å². The Morgan fingerprint density at radius 3 is 0.824 bits per heavy atom. The van der Waals surface area contributed by atoms with Gasteiger partial charge in [-0.25, -0.2) is 0 Å². The zero-order valence-corrected chi connectivity index (χ0v) is 23.5. The third-order valence-corrected chi connectivity index (χ3v) is 4.65. The Kier molecular flexibility index (Phi) is 22.5. The minimum Gasteiger partial charge on any atom is 1.00 e. The first-order chi connectivity index (χ1) is 5.97. The van der Waals surface area contributed by atoms with Crippen molar-refractivity contribution < 1.29 is 216 Å². The van der Waals surface area contributed by atoms with Crippen molar-refractivity contribution in [3.63, 3.8) is 0 Å². The average molecular weight is 372 g/mol. The van der Waals surface area contributed by atoms with Crippen molar-refractivity contribution in [2.75, 3.05) is 0 Å². The van der Waals surface area contributed by atoms with Crippen molar-refractivity contribution in [2.24, 2.45) is 4.19 Å². The molecular formula is C5FeK4N6O. The Morgan fingerprint density at radius 2 is 0.824 bits per heavy atom. The second kappa shape index (κ2) is 11.7. The fraction of sp³-hybridized carbons (Fsp3) is 0. The topological polar surface area (TPSA) is 148 Å². The molecule has 0 amide bonds. The van der Waals surface area contributed by atoms with E-state index in [1.165, 1.54) is 0 Å². The van der Waals surface area contributed by atoms with Crippen molar-refractivity contribution in [3.8, 4) is 24.8 Å². The fourth-order valence-electron chi connectivity index (χ4n) is 0.249. The molecule has 0 N–H and O–H groups in total. The number of rotatable bonds is 1. The van der Waals surface area contributed by atoms with E-state index in [9.17, 15) is 4.91 Å². The van der Waals surface area contributed by atoms with Gasteiger partial charge in [-0.1, -0.05) is 0 Å². The van der Waals surface area contributed by atoms with Gasteiger partial charge in [-0.05, 0) is 0 Å². The van der Waals surface area contributed by atoms with Crippen LogP contribution in [0.2, 0.25) is 0 Å². The van der Waals surface area contributed by atoms with Gasteiger partial charge in [0.05, 0.1) is 0 Å². The summed E-state index contributed by atoms with van der Waals surface area (Å²) in [4.78, 5) is 14.9. The molecule has 0 rings (SSSR count). The number of nitroso groups, excluding NO2 is 1. The van der Waals surface area contributed by atoms with E-state index in [0.29, 0.717) is 0 Å². The van der Waals surface area contributed by atoms with Crippen molar-refractivity contribution in [1.29, 1.82) is 26.3 Å². The molecule has 12 heteroatoms. The van der Waals surface area contributed by atoms with Crippen LogP contribution in [-0.2, 0) is 11.0 Å². The predicted molar refractivity (Wildman–Crippen MR) is 33.9 cm³/mol. The number of hydrogen-bond donors (Lipinski definition) is 0. The van der Waals surface area contributed by atoms with Gasteiger partial charge < -0.3 is 0 Å². The normalized spacial score (nSPS) is 10.5. The van der Waals surface area contributed by atoms with Crippen LogP contribution in [-0.4, -0.2) is 0 Å². The van der Waals surface area contributed by atoms with Crippen LogP contribution in [0.15, 0.2) is 4.19 Å². The molecule has 0 radical (unpaired) electrons. The quantitative estimate of drug-likeness (QED) is 0.330. The molecule has 0 bridgehead atoms. The SMILES string of the molecule is N#[C][Fe-4]([C]#N)([C]#N)([C]#N)([C]#N)[N]=O.[K+].[K+].[K+].[K+]. The molecular weight excluding hydrogens is 372 g/mol. The van der Waals surface area contributed by atoms with Gasteiger partial charge in [0, 0.05) is 0 Å². The van der Waals surface area contributed by atoms with Gasteiger partial charge in [0.2, 0.25) is 0 Å². The maximum absolute atomic E-state index is 10.3. The molecule has 0 atom stereocenters. The predicted octanol–water partition coefficient (Wildman–Crippen LogP) is -11.7. The second-order valence-electron chi connectivity index (χ2n) is 1.74. The van der Waals surface area contributed by atoms with Gasteiger partial charge in [0.25, 0.3) is 0 Å². The van der Waals surface area contributed by atoms with E-state index in [1.54, 1.807) is 0 Å². The molecule has 0 spiro atoms. The zero-order chi connectivity index (χ0) is 10.7. The molecule has 0 aromatic heterocycles. The number of nitriles is 5. The van der Waals surface area contributed by atoms with Gasteiger partial charge >= 0.3 is 277 Å². The second-order valence-corrected chi connectivity index (χ2v) is 7.17. The minimum absolute atomic E-state index is 0. The molecule has 0 aromatic carbocycles. The van der Waals surface area contributed by atoms with Crippen LogP contribution in [0.4, 0.5) is 0 Å². The monoisotopic (exact) mass is 372 g/mol. The van der Waals surface area contributed by atoms with Crippen LogP contribution in [0.5, 0.6) is 0 Å². The van der Waals surface area contributed by atoms with Gasteiger partial charge in [0.1, 0.15) is 0 Å². The first-order valence-electron chi connectivity index (χ1n) is 2.34. The molecule has 17 heavy (non-hydrogen) atoms. The summed E-state index contributed by atoms with van der Waals surface area (Å²) in [5, 5.41) is 42.5. The van der Waals surface area contributed by atoms with Gasteiger partial charge in [-0.2, -0.15) is 0 Å². The van der Waals surface area contributed by atoms with Crippen LogP contribution in [0.1, 0.15) is 0 Å². The molecule has 0 heterocycles. The summed E-state index contributed by atoms with van der Waals surface area (Å²) in [6.07, 6.45) is 0. The fourth-order valence-corrected chi connectivity index (χ4v) is 1.03. The standard InChI is InChI=1S/5CN.Fe.4K.NO/c5*1-2;;;;;;1-2/q;;;;;-3;4*+1;-1. The first kappa shape index (κ1) is 32.9. The first-order valence-corrected chi connectivity index (χ1v) is 5.60. The van der Waals surface area contributed by atoms with Crippen LogP contribution < -0.4 is 206 Å². The maximum atomic E-state index is 10.3. The van der Waals surface area contributed by atoms with E-state index < -0.39 is 11.0 Å².